The van der Waals surface area contributed by atoms with E-state index in [-0.39, 0.29) is 0 Å². The van der Waals surface area contributed by atoms with Crippen molar-refractivity contribution in [3.8, 4) is 0 Å². The highest BCUT2D eigenvalue weighted by Gasteiger charge is 2.79. The van der Waals surface area contributed by atoms with Gasteiger partial charge < -0.3 is 0 Å². The van der Waals surface area contributed by atoms with E-state index in [9.17, 15) is 26.3 Å². The van der Waals surface area contributed by atoms with Gasteiger partial charge in [0.15, 0.2) is 0 Å². The highest BCUT2D eigenvalue weighted by Crippen LogP contribution is 2.61. The molecule has 0 aromatic carbocycles. The van der Waals surface area contributed by atoms with Crippen LogP contribution in [0, 0.1) is 0 Å². The molecule has 0 N–H and O–H groups in total. The molecule has 1 aliphatic rings. The first-order chi connectivity index (χ1) is 5.57. The molecule has 0 bridgehead atoms. The van der Waals surface area contributed by atoms with Gasteiger partial charge in [-0.2, -0.15) is 26.3 Å². The van der Waals surface area contributed by atoms with Crippen molar-refractivity contribution in [2.75, 3.05) is 0 Å². The fourth-order valence-electron chi connectivity index (χ4n) is 0.749. The lowest BCUT2D eigenvalue weighted by molar-refractivity contribution is -0.261. The van der Waals surface area contributed by atoms with E-state index in [4.69, 9.17) is 0 Å². The molecule has 0 radical (unpaired) electrons. The van der Waals surface area contributed by atoms with Gasteiger partial charge in [0.05, 0.1) is 3.58 Å². The van der Waals surface area contributed by atoms with E-state index in [0.29, 0.717) is 22.6 Å². The fourth-order valence-corrected chi connectivity index (χ4v) is 1.66. The number of hydrogen-bond acceptors (Lipinski definition) is 0. The molecular formula is C5ClF6I. The van der Waals surface area contributed by atoms with Crippen molar-refractivity contribution in [1.82, 2.24) is 0 Å². The summed E-state index contributed by atoms with van der Waals surface area (Å²) in [5.74, 6) is -15.3. The van der Waals surface area contributed by atoms with Crippen LogP contribution in [0.15, 0.2) is 8.61 Å². The predicted octanol–water partition coefficient (Wildman–Crippen LogP) is 3.79. The van der Waals surface area contributed by atoms with E-state index >= 15 is 0 Å². The molecule has 0 spiro atoms. The first-order valence-electron chi connectivity index (χ1n) is 2.76. The molecule has 0 saturated heterocycles. The SMILES string of the molecule is FC1(F)C(Cl)=C(I)C(F)(F)C1(F)F. The smallest absolute Gasteiger partial charge is 0.193 e. The minimum Gasteiger partial charge on any atom is -0.193 e. The van der Waals surface area contributed by atoms with Crippen LogP contribution in [0.25, 0.3) is 0 Å². The molecule has 0 nitrogen and oxygen atoms in total. The van der Waals surface area contributed by atoms with Crippen LogP contribution < -0.4 is 0 Å². The topological polar surface area (TPSA) is 0 Å². The third-order valence-electron chi connectivity index (χ3n) is 1.53. The van der Waals surface area contributed by atoms with Gasteiger partial charge in [-0.05, 0) is 22.6 Å². The van der Waals surface area contributed by atoms with Crippen LogP contribution in [0.4, 0.5) is 26.3 Å². The Morgan fingerprint density at radius 2 is 1.31 bits per heavy atom. The Labute approximate surface area is 87.1 Å². The zero-order valence-electron chi connectivity index (χ0n) is 5.52. The van der Waals surface area contributed by atoms with Crippen molar-refractivity contribution in [1.29, 1.82) is 0 Å². The first-order valence-corrected chi connectivity index (χ1v) is 4.22. The quantitative estimate of drug-likeness (QED) is 0.466. The van der Waals surface area contributed by atoms with Crippen LogP contribution in [-0.2, 0) is 0 Å². The second-order valence-electron chi connectivity index (χ2n) is 2.35. The van der Waals surface area contributed by atoms with Crippen LogP contribution in [0.3, 0.4) is 0 Å². The molecule has 0 aromatic heterocycles. The molecule has 0 atom stereocenters. The molecule has 13 heavy (non-hydrogen) atoms. The van der Waals surface area contributed by atoms with E-state index < -0.39 is 26.4 Å². The lowest BCUT2D eigenvalue weighted by atomic mass is 10.2. The van der Waals surface area contributed by atoms with Crippen molar-refractivity contribution in [2.45, 2.75) is 17.8 Å². The Morgan fingerprint density at radius 1 is 0.923 bits per heavy atom. The third kappa shape index (κ3) is 1.12. The Kier molecular flexibility index (Phi) is 2.35. The number of hydrogen-bond donors (Lipinski definition) is 0. The maximum Gasteiger partial charge on any atom is 0.382 e. The Balaban J connectivity index is 3.39. The summed E-state index contributed by atoms with van der Waals surface area (Å²) in [4.78, 5) is 0. The monoisotopic (exact) mass is 336 g/mol. The second-order valence-corrected chi connectivity index (χ2v) is 3.81. The Morgan fingerprint density at radius 3 is 1.38 bits per heavy atom. The highest BCUT2D eigenvalue weighted by atomic mass is 127. The standard InChI is InChI=1S/C5ClF6I/c6-1-2(13)4(9,10)5(11,12)3(1,7)8. The van der Waals surface area contributed by atoms with Gasteiger partial charge in [-0.3, -0.25) is 0 Å². The summed E-state index contributed by atoms with van der Waals surface area (Å²) in [7, 11) is 0. The van der Waals surface area contributed by atoms with E-state index in [1.165, 1.54) is 0 Å². The van der Waals surface area contributed by atoms with E-state index in [1.807, 2.05) is 0 Å². The summed E-state index contributed by atoms with van der Waals surface area (Å²) in [6.45, 7) is 0. The van der Waals surface area contributed by atoms with E-state index in [2.05, 4.69) is 11.6 Å². The van der Waals surface area contributed by atoms with E-state index in [0.717, 1.165) is 0 Å². The molecule has 0 fully saturated rings. The largest absolute Gasteiger partial charge is 0.382 e. The van der Waals surface area contributed by atoms with Crippen LogP contribution in [0.1, 0.15) is 0 Å². The summed E-state index contributed by atoms with van der Waals surface area (Å²) >= 11 is 5.37. The second kappa shape index (κ2) is 2.68. The molecule has 0 amide bonds. The molecule has 0 unspecified atom stereocenters. The number of rotatable bonds is 0. The molecule has 1 aliphatic carbocycles. The van der Waals surface area contributed by atoms with Crippen LogP contribution in [0.2, 0.25) is 0 Å². The summed E-state index contributed by atoms with van der Waals surface area (Å²) in [5, 5.41) is -1.79. The van der Waals surface area contributed by atoms with Crippen LogP contribution >= 0.6 is 34.2 Å². The van der Waals surface area contributed by atoms with E-state index in [1.54, 1.807) is 0 Å². The minimum absolute atomic E-state index is 0.689. The van der Waals surface area contributed by atoms with Crippen LogP contribution in [-0.4, -0.2) is 17.8 Å². The van der Waals surface area contributed by atoms with Gasteiger partial charge >= 0.3 is 17.8 Å². The van der Waals surface area contributed by atoms with Gasteiger partial charge in [0, 0.05) is 0 Å². The number of halogens is 8. The summed E-state index contributed by atoms with van der Waals surface area (Å²) in [6.07, 6.45) is 0. The molecule has 0 heterocycles. The summed E-state index contributed by atoms with van der Waals surface area (Å²) in [5.41, 5.74) is 0. The lowest BCUT2D eigenvalue weighted by Crippen LogP contribution is -2.48. The van der Waals surface area contributed by atoms with Gasteiger partial charge in [0.2, 0.25) is 0 Å². The maximum absolute atomic E-state index is 12.5. The Bertz CT molecular complexity index is 257. The molecular weight excluding hydrogens is 336 g/mol. The average molecular weight is 336 g/mol. The van der Waals surface area contributed by atoms with Gasteiger partial charge in [-0.15, -0.1) is 0 Å². The summed E-state index contributed by atoms with van der Waals surface area (Å²) in [6, 6.07) is 0. The summed E-state index contributed by atoms with van der Waals surface area (Å²) < 4.78 is 73.1. The van der Waals surface area contributed by atoms with Gasteiger partial charge in [0.25, 0.3) is 0 Å². The maximum atomic E-state index is 12.5. The predicted molar refractivity (Wildman–Crippen MR) is 41.7 cm³/mol. The highest BCUT2D eigenvalue weighted by molar-refractivity contribution is 14.1. The van der Waals surface area contributed by atoms with Gasteiger partial charge in [0.1, 0.15) is 5.03 Å². The third-order valence-corrected chi connectivity index (χ3v) is 3.49. The van der Waals surface area contributed by atoms with Gasteiger partial charge in [-0.25, -0.2) is 0 Å². The first kappa shape index (κ1) is 11.4. The molecule has 76 valence electrons. The van der Waals surface area contributed by atoms with Crippen molar-refractivity contribution in [3.63, 3.8) is 0 Å². The number of allylic oxidation sites excluding steroid dienone is 2. The molecule has 0 aromatic rings. The van der Waals surface area contributed by atoms with Crippen molar-refractivity contribution >= 4 is 34.2 Å². The average Bonchev–Trinajstić information content (AvgIpc) is 2.05. The molecule has 8 heteroatoms. The minimum atomic E-state index is -5.45. The molecule has 0 aliphatic heterocycles. The van der Waals surface area contributed by atoms with Gasteiger partial charge in [-0.1, -0.05) is 11.6 Å². The fraction of sp³-hybridized carbons (Fsp3) is 0.600. The molecule has 0 saturated carbocycles. The van der Waals surface area contributed by atoms with Crippen molar-refractivity contribution < 1.29 is 26.3 Å². The zero-order valence-corrected chi connectivity index (χ0v) is 8.44. The van der Waals surface area contributed by atoms with Crippen molar-refractivity contribution in [2.24, 2.45) is 0 Å². The van der Waals surface area contributed by atoms with Crippen LogP contribution in [0.5, 0.6) is 0 Å². The number of alkyl halides is 6. The zero-order chi connectivity index (χ0) is 10.7. The Hall–Kier alpha value is 0.340. The normalized spacial score (nSPS) is 29.5. The van der Waals surface area contributed by atoms with Crippen molar-refractivity contribution in [3.05, 3.63) is 8.61 Å². The molecule has 1 rings (SSSR count). The lowest BCUT2D eigenvalue weighted by Gasteiger charge is -2.23.